The van der Waals surface area contributed by atoms with Crippen LogP contribution in [0.2, 0.25) is 0 Å². The minimum atomic E-state index is -0.444. The molecule has 1 aromatic heterocycles. The molecule has 1 N–H and O–H groups in total. The van der Waals surface area contributed by atoms with Gasteiger partial charge in [0.1, 0.15) is 5.82 Å². The van der Waals surface area contributed by atoms with Crippen LogP contribution >= 0.6 is 11.3 Å². The van der Waals surface area contributed by atoms with Crippen molar-refractivity contribution in [3.63, 3.8) is 0 Å². The van der Waals surface area contributed by atoms with Crippen molar-refractivity contribution in [1.82, 2.24) is 0 Å². The van der Waals surface area contributed by atoms with Crippen molar-refractivity contribution in [1.29, 1.82) is 0 Å². The second-order valence-electron chi connectivity index (χ2n) is 3.77. The lowest BCUT2D eigenvalue weighted by Gasteiger charge is -2.09. The normalized spacial score (nSPS) is 12.6. The molecule has 0 saturated heterocycles. The minimum absolute atomic E-state index is 0.249. The second kappa shape index (κ2) is 5.23. The van der Waals surface area contributed by atoms with E-state index in [-0.39, 0.29) is 5.82 Å². The molecule has 1 unspecified atom stereocenters. The smallest absolute Gasteiger partial charge is 0.123 e. The van der Waals surface area contributed by atoms with Crippen molar-refractivity contribution in [3.8, 4) is 0 Å². The van der Waals surface area contributed by atoms with E-state index in [0.29, 0.717) is 12.8 Å². The van der Waals surface area contributed by atoms with Crippen LogP contribution in [0.5, 0.6) is 0 Å². The van der Waals surface area contributed by atoms with Crippen molar-refractivity contribution in [3.05, 3.63) is 58.0 Å². The molecule has 0 bridgehead atoms. The van der Waals surface area contributed by atoms with E-state index in [2.05, 4.69) is 0 Å². The molecule has 1 aromatic carbocycles. The predicted molar refractivity (Wildman–Crippen MR) is 64.1 cm³/mol. The molecule has 0 spiro atoms. The molecule has 0 aliphatic carbocycles. The fourth-order valence-corrected chi connectivity index (χ4v) is 2.45. The maximum Gasteiger partial charge on any atom is 0.123 e. The van der Waals surface area contributed by atoms with Crippen LogP contribution in [0.4, 0.5) is 4.39 Å². The van der Waals surface area contributed by atoms with Crippen LogP contribution in [-0.4, -0.2) is 11.2 Å². The van der Waals surface area contributed by atoms with Crippen LogP contribution < -0.4 is 0 Å². The standard InChI is InChI=1S/C13H13FOS/c14-11-4-1-3-10(7-11)8-12(15)9-13-5-2-6-16-13/h1-7,12,15H,8-9H2. The Hall–Kier alpha value is -1.19. The maximum absolute atomic E-state index is 12.9. The van der Waals surface area contributed by atoms with Crippen LogP contribution in [0.15, 0.2) is 41.8 Å². The molecule has 2 rings (SSSR count). The van der Waals surface area contributed by atoms with E-state index >= 15 is 0 Å². The van der Waals surface area contributed by atoms with Crippen molar-refractivity contribution >= 4 is 11.3 Å². The van der Waals surface area contributed by atoms with Crippen LogP contribution in [0, 0.1) is 5.82 Å². The highest BCUT2D eigenvalue weighted by atomic mass is 32.1. The highest BCUT2D eigenvalue weighted by Gasteiger charge is 2.07. The van der Waals surface area contributed by atoms with Gasteiger partial charge in [0.2, 0.25) is 0 Å². The van der Waals surface area contributed by atoms with E-state index in [1.807, 2.05) is 23.6 Å². The van der Waals surface area contributed by atoms with E-state index in [0.717, 1.165) is 10.4 Å². The quantitative estimate of drug-likeness (QED) is 0.865. The second-order valence-corrected chi connectivity index (χ2v) is 4.80. The van der Waals surface area contributed by atoms with Gasteiger partial charge in [-0.15, -0.1) is 11.3 Å². The fraction of sp³-hybridized carbons (Fsp3) is 0.231. The first kappa shape index (κ1) is 11.3. The third-order valence-electron chi connectivity index (χ3n) is 2.38. The molecule has 0 amide bonds. The average Bonchev–Trinajstić information content (AvgIpc) is 2.70. The molecule has 1 nitrogen and oxygen atoms in total. The Bertz CT molecular complexity index is 439. The van der Waals surface area contributed by atoms with Gasteiger partial charge >= 0.3 is 0 Å². The molecule has 2 aromatic rings. The van der Waals surface area contributed by atoms with Gasteiger partial charge in [0, 0.05) is 11.3 Å². The summed E-state index contributed by atoms with van der Waals surface area (Å²) in [5.41, 5.74) is 0.837. The summed E-state index contributed by atoms with van der Waals surface area (Å²) in [6.07, 6.45) is 0.685. The van der Waals surface area contributed by atoms with Crippen LogP contribution in [0.1, 0.15) is 10.4 Å². The fourth-order valence-electron chi connectivity index (χ4n) is 1.67. The van der Waals surface area contributed by atoms with E-state index < -0.39 is 6.10 Å². The molecule has 0 fully saturated rings. The summed E-state index contributed by atoms with van der Waals surface area (Å²) in [6, 6.07) is 10.4. The molecule has 16 heavy (non-hydrogen) atoms. The highest BCUT2D eigenvalue weighted by Crippen LogP contribution is 2.14. The summed E-state index contributed by atoms with van der Waals surface area (Å²) in [5, 5.41) is 11.8. The van der Waals surface area contributed by atoms with Crippen LogP contribution in [-0.2, 0) is 12.8 Å². The Kier molecular flexibility index (Phi) is 3.70. The van der Waals surface area contributed by atoms with Gasteiger partial charge in [-0.2, -0.15) is 0 Å². The molecule has 3 heteroatoms. The van der Waals surface area contributed by atoms with Gasteiger partial charge in [-0.1, -0.05) is 18.2 Å². The van der Waals surface area contributed by atoms with Gasteiger partial charge in [-0.3, -0.25) is 0 Å². The average molecular weight is 236 g/mol. The van der Waals surface area contributed by atoms with Crippen molar-refractivity contribution in [2.24, 2.45) is 0 Å². The van der Waals surface area contributed by atoms with Gasteiger partial charge in [0.05, 0.1) is 6.10 Å². The Balaban J connectivity index is 1.94. The van der Waals surface area contributed by atoms with E-state index in [4.69, 9.17) is 0 Å². The first-order chi connectivity index (χ1) is 7.74. The summed E-state index contributed by atoms with van der Waals surface area (Å²) >= 11 is 1.63. The van der Waals surface area contributed by atoms with Gasteiger partial charge in [-0.25, -0.2) is 4.39 Å². The number of halogens is 1. The number of hydrogen-bond acceptors (Lipinski definition) is 2. The summed E-state index contributed by atoms with van der Waals surface area (Å²) < 4.78 is 12.9. The minimum Gasteiger partial charge on any atom is -0.392 e. The number of aliphatic hydroxyl groups excluding tert-OH is 1. The summed E-state index contributed by atoms with van der Waals surface area (Å²) in [7, 11) is 0. The molecule has 84 valence electrons. The van der Waals surface area contributed by atoms with Crippen molar-refractivity contribution in [2.75, 3.05) is 0 Å². The largest absolute Gasteiger partial charge is 0.392 e. The Morgan fingerprint density at radius 1 is 1.19 bits per heavy atom. The third-order valence-corrected chi connectivity index (χ3v) is 3.28. The van der Waals surface area contributed by atoms with E-state index in [9.17, 15) is 9.50 Å². The SMILES string of the molecule is OC(Cc1cccc(F)c1)Cc1cccs1. The summed E-state index contributed by atoms with van der Waals surface area (Å²) in [5.74, 6) is -0.249. The molecule has 0 saturated carbocycles. The lowest BCUT2D eigenvalue weighted by Crippen LogP contribution is -2.13. The summed E-state index contributed by atoms with van der Waals surface area (Å²) in [6.45, 7) is 0. The molecule has 1 atom stereocenters. The monoisotopic (exact) mass is 236 g/mol. The summed E-state index contributed by atoms with van der Waals surface area (Å²) in [4.78, 5) is 1.16. The first-order valence-electron chi connectivity index (χ1n) is 5.19. The van der Waals surface area contributed by atoms with Gasteiger partial charge in [0.25, 0.3) is 0 Å². The lowest BCUT2D eigenvalue weighted by molar-refractivity contribution is 0.176. The van der Waals surface area contributed by atoms with Gasteiger partial charge in [-0.05, 0) is 35.6 Å². The van der Waals surface area contributed by atoms with E-state index in [1.54, 1.807) is 17.4 Å². The van der Waals surface area contributed by atoms with Crippen LogP contribution in [0.25, 0.3) is 0 Å². The highest BCUT2D eigenvalue weighted by molar-refractivity contribution is 7.09. The Labute approximate surface area is 98.2 Å². The number of aliphatic hydroxyl groups is 1. The maximum atomic E-state index is 12.9. The van der Waals surface area contributed by atoms with Crippen LogP contribution in [0.3, 0.4) is 0 Å². The molecule has 0 radical (unpaired) electrons. The third kappa shape index (κ3) is 3.15. The zero-order valence-electron chi connectivity index (χ0n) is 8.77. The van der Waals surface area contributed by atoms with Crippen molar-refractivity contribution < 1.29 is 9.50 Å². The number of benzene rings is 1. The first-order valence-corrected chi connectivity index (χ1v) is 6.07. The molecular formula is C13H13FOS. The number of rotatable bonds is 4. The van der Waals surface area contributed by atoms with Crippen molar-refractivity contribution in [2.45, 2.75) is 18.9 Å². The van der Waals surface area contributed by atoms with Gasteiger partial charge in [0.15, 0.2) is 0 Å². The Morgan fingerprint density at radius 2 is 2.06 bits per heavy atom. The predicted octanol–water partition coefficient (Wildman–Crippen LogP) is 3.03. The molecular weight excluding hydrogens is 223 g/mol. The number of hydrogen-bond donors (Lipinski definition) is 1. The zero-order valence-corrected chi connectivity index (χ0v) is 9.58. The molecule has 0 aliphatic heterocycles. The topological polar surface area (TPSA) is 20.2 Å². The van der Waals surface area contributed by atoms with E-state index in [1.165, 1.54) is 12.1 Å². The zero-order chi connectivity index (χ0) is 11.4. The number of thiophene rings is 1. The molecule has 0 aliphatic rings. The molecule has 1 heterocycles. The van der Waals surface area contributed by atoms with Gasteiger partial charge < -0.3 is 5.11 Å². The Morgan fingerprint density at radius 3 is 2.75 bits per heavy atom. The lowest BCUT2D eigenvalue weighted by atomic mass is 10.1.